The molecule has 0 fully saturated rings. The highest BCUT2D eigenvalue weighted by Crippen LogP contribution is 2.33. The number of hydrogen-bond donors (Lipinski definition) is 0. The average Bonchev–Trinajstić information content (AvgIpc) is 2.31. The SMILES string of the molecule is COCc1nc(Cl)c(-c2ccc(Br)cc2)c(Cl)n1. The van der Waals surface area contributed by atoms with Gasteiger partial charge in [-0.3, -0.25) is 0 Å². The van der Waals surface area contributed by atoms with Crippen LogP contribution in [0, 0.1) is 0 Å². The molecule has 0 N–H and O–H groups in total. The van der Waals surface area contributed by atoms with E-state index in [1.807, 2.05) is 24.3 Å². The van der Waals surface area contributed by atoms with Crippen LogP contribution in [-0.2, 0) is 11.3 Å². The van der Waals surface area contributed by atoms with Gasteiger partial charge in [-0.25, -0.2) is 9.97 Å². The van der Waals surface area contributed by atoms with Crippen molar-refractivity contribution in [3.63, 3.8) is 0 Å². The van der Waals surface area contributed by atoms with E-state index in [9.17, 15) is 0 Å². The summed E-state index contributed by atoms with van der Waals surface area (Å²) in [5.74, 6) is 0.466. The summed E-state index contributed by atoms with van der Waals surface area (Å²) in [6, 6.07) is 7.61. The minimum atomic E-state index is 0.278. The van der Waals surface area contributed by atoms with Crippen LogP contribution in [0.3, 0.4) is 0 Å². The second kappa shape index (κ2) is 5.97. The molecule has 0 saturated carbocycles. The maximum absolute atomic E-state index is 6.14. The van der Waals surface area contributed by atoms with Crippen LogP contribution in [0.2, 0.25) is 10.3 Å². The summed E-state index contributed by atoms with van der Waals surface area (Å²) < 4.78 is 5.93. The third-order valence-electron chi connectivity index (χ3n) is 2.27. The van der Waals surface area contributed by atoms with Gasteiger partial charge in [0.25, 0.3) is 0 Å². The molecule has 1 aromatic carbocycles. The smallest absolute Gasteiger partial charge is 0.157 e. The average molecular weight is 348 g/mol. The lowest BCUT2D eigenvalue weighted by atomic mass is 10.1. The standard InChI is InChI=1S/C12H9BrCl2N2O/c1-18-6-9-16-11(14)10(12(15)17-9)7-2-4-8(13)5-3-7/h2-5H,6H2,1H3. The topological polar surface area (TPSA) is 35.0 Å². The number of methoxy groups -OCH3 is 1. The van der Waals surface area contributed by atoms with E-state index in [1.165, 1.54) is 0 Å². The Morgan fingerprint density at radius 2 is 1.67 bits per heavy atom. The summed E-state index contributed by atoms with van der Waals surface area (Å²) in [5.41, 5.74) is 1.50. The van der Waals surface area contributed by atoms with Crippen molar-refractivity contribution in [1.82, 2.24) is 9.97 Å². The number of aromatic nitrogens is 2. The maximum Gasteiger partial charge on any atom is 0.157 e. The van der Waals surface area contributed by atoms with Crippen LogP contribution in [-0.4, -0.2) is 17.1 Å². The lowest BCUT2D eigenvalue weighted by Crippen LogP contribution is -1.99. The van der Waals surface area contributed by atoms with Gasteiger partial charge in [0.1, 0.15) is 16.9 Å². The molecule has 18 heavy (non-hydrogen) atoms. The van der Waals surface area contributed by atoms with E-state index < -0.39 is 0 Å². The van der Waals surface area contributed by atoms with E-state index in [4.69, 9.17) is 27.9 Å². The Balaban J connectivity index is 2.48. The first-order valence-electron chi connectivity index (χ1n) is 5.08. The molecule has 0 amide bonds. The zero-order valence-corrected chi connectivity index (χ0v) is 12.6. The fourth-order valence-corrected chi connectivity index (χ4v) is 2.40. The molecule has 1 heterocycles. The second-order valence-corrected chi connectivity index (χ2v) is 5.17. The molecule has 0 spiro atoms. The molecule has 0 aliphatic carbocycles. The third kappa shape index (κ3) is 3.01. The second-order valence-electron chi connectivity index (χ2n) is 3.54. The van der Waals surface area contributed by atoms with Crippen LogP contribution in [0.5, 0.6) is 0 Å². The Labute approximate surface area is 123 Å². The Bertz CT molecular complexity index is 537. The Kier molecular flexibility index (Phi) is 4.56. The van der Waals surface area contributed by atoms with Crippen LogP contribution in [0.25, 0.3) is 11.1 Å². The van der Waals surface area contributed by atoms with Crippen LogP contribution >= 0.6 is 39.1 Å². The van der Waals surface area contributed by atoms with Crippen molar-refractivity contribution in [1.29, 1.82) is 0 Å². The molecule has 0 aliphatic heterocycles. The van der Waals surface area contributed by atoms with Gasteiger partial charge in [-0.05, 0) is 17.7 Å². The van der Waals surface area contributed by atoms with E-state index in [-0.39, 0.29) is 6.61 Å². The summed E-state index contributed by atoms with van der Waals surface area (Å²) >= 11 is 15.7. The quantitative estimate of drug-likeness (QED) is 0.774. The first-order chi connectivity index (χ1) is 8.61. The number of halogens is 3. The molecular weight excluding hydrogens is 339 g/mol. The molecule has 2 rings (SSSR count). The van der Waals surface area contributed by atoms with Gasteiger partial charge < -0.3 is 4.74 Å². The predicted molar refractivity (Wildman–Crippen MR) is 75.9 cm³/mol. The molecule has 2 aromatic rings. The zero-order valence-electron chi connectivity index (χ0n) is 9.45. The molecular formula is C12H9BrCl2N2O. The molecule has 94 valence electrons. The Morgan fingerprint density at radius 1 is 1.11 bits per heavy atom. The van der Waals surface area contributed by atoms with Crippen molar-refractivity contribution in [2.75, 3.05) is 7.11 Å². The van der Waals surface area contributed by atoms with E-state index in [1.54, 1.807) is 7.11 Å². The number of rotatable bonds is 3. The Morgan fingerprint density at radius 3 is 2.17 bits per heavy atom. The summed E-state index contributed by atoms with van der Waals surface area (Å²) in [4.78, 5) is 8.31. The van der Waals surface area contributed by atoms with Gasteiger partial charge in [0.05, 0.1) is 5.56 Å². The van der Waals surface area contributed by atoms with Crippen molar-refractivity contribution in [3.8, 4) is 11.1 Å². The molecule has 0 unspecified atom stereocenters. The highest BCUT2D eigenvalue weighted by Gasteiger charge is 2.13. The van der Waals surface area contributed by atoms with Gasteiger partial charge in [-0.15, -0.1) is 0 Å². The summed E-state index contributed by atoms with van der Waals surface area (Å²) in [5, 5.41) is 0.647. The van der Waals surface area contributed by atoms with Crippen molar-refractivity contribution in [2.24, 2.45) is 0 Å². The zero-order chi connectivity index (χ0) is 13.1. The van der Waals surface area contributed by atoms with E-state index in [0.29, 0.717) is 21.7 Å². The number of benzene rings is 1. The predicted octanol–water partition coefficient (Wildman–Crippen LogP) is 4.36. The van der Waals surface area contributed by atoms with E-state index in [2.05, 4.69) is 25.9 Å². The molecule has 1 aromatic heterocycles. The molecule has 0 atom stereocenters. The van der Waals surface area contributed by atoms with Gasteiger partial charge in [0.2, 0.25) is 0 Å². The molecule has 0 radical (unpaired) electrons. The number of ether oxygens (including phenoxy) is 1. The van der Waals surface area contributed by atoms with Gasteiger partial charge in [-0.1, -0.05) is 51.3 Å². The first kappa shape index (κ1) is 13.7. The Hall–Kier alpha value is -0.680. The van der Waals surface area contributed by atoms with Crippen LogP contribution in [0.1, 0.15) is 5.82 Å². The number of nitrogens with zero attached hydrogens (tertiary/aromatic N) is 2. The lowest BCUT2D eigenvalue weighted by Gasteiger charge is -2.08. The third-order valence-corrected chi connectivity index (χ3v) is 3.35. The highest BCUT2D eigenvalue weighted by molar-refractivity contribution is 9.10. The van der Waals surface area contributed by atoms with Crippen molar-refractivity contribution >= 4 is 39.1 Å². The fourth-order valence-electron chi connectivity index (χ4n) is 1.50. The van der Waals surface area contributed by atoms with Crippen molar-refractivity contribution < 1.29 is 4.74 Å². The monoisotopic (exact) mass is 346 g/mol. The van der Waals surface area contributed by atoms with Gasteiger partial charge in [0.15, 0.2) is 5.82 Å². The van der Waals surface area contributed by atoms with Gasteiger partial charge >= 0.3 is 0 Å². The fraction of sp³-hybridized carbons (Fsp3) is 0.167. The summed E-state index contributed by atoms with van der Waals surface area (Å²) in [6.45, 7) is 0.278. The normalized spacial score (nSPS) is 10.7. The van der Waals surface area contributed by atoms with Crippen molar-refractivity contribution in [2.45, 2.75) is 6.61 Å². The van der Waals surface area contributed by atoms with Gasteiger partial charge in [0, 0.05) is 11.6 Å². The highest BCUT2D eigenvalue weighted by atomic mass is 79.9. The van der Waals surface area contributed by atoms with Crippen LogP contribution < -0.4 is 0 Å². The van der Waals surface area contributed by atoms with Gasteiger partial charge in [-0.2, -0.15) is 0 Å². The largest absolute Gasteiger partial charge is 0.377 e. The number of hydrogen-bond acceptors (Lipinski definition) is 3. The van der Waals surface area contributed by atoms with E-state index in [0.717, 1.165) is 10.0 Å². The van der Waals surface area contributed by atoms with Crippen molar-refractivity contribution in [3.05, 3.63) is 44.9 Å². The lowest BCUT2D eigenvalue weighted by molar-refractivity contribution is 0.178. The minimum absolute atomic E-state index is 0.278. The molecule has 0 saturated heterocycles. The maximum atomic E-state index is 6.14. The molecule has 3 nitrogen and oxygen atoms in total. The minimum Gasteiger partial charge on any atom is -0.377 e. The summed E-state index contributed by atoms with van der Waals surface area (Å²) in [7, 11) is 1.56. The first-order valence-corrected chi connectivity index (χ1v) is 6.63. The molecule has 0 aliphatic rings. The molecule has 0 bridgehead atoms. The van der Waals surface area contributed by atoms with Crippen LogP contribution in [0.4, 0.5) is 0 Å². The summed E-state index contributed by atoms with van der Waals surface area (Å²) in [6.07, 6.45) is 0. The van der Waals surface area contributed by atoms with Crippen LogP contribution in [0.15, 0.2) is 28.7 Å². The van der Waals surface area contributed by atoms with E-state index >= 15 is 0 Å². The molecule has 6 heteroatoms.